The minimum atomic E-state index is 0.147. The van der Waals surface area contributed by atoms with Crippen molar-refractivity contribution in [2.75, 3.05) is 26.2 Å². The molecule has 0 atom stereocenters. The second-order valence-electron chi connectivity index (χ2n) is 4.87. The molecule has 0 aliphatic carbocycles. The predicted octanol–water partition coefficient (Wildman–Crippen LogP) is 2.39. The van der Waals surface area contributed by atoms with E-state index in [1.807, 2.05) is 6.07 Å². The summed E-state index contributed by atoms with van der Waals surface area (Å²) in [5, 5.41) is 2.99. The number of hydrogen-bond acceptors (Lipinski definition) is 2. The Morgan fingerprint density at radius 2 is 2.00 bits per heavy atom. The summed E-state index contributed by atoms with van der Waals surface area (Å²) in [5.74, 6) is 0.147. The van der Waals surface area contributed by atoms with E-state index in [4.69, 9.17) is 0 Å². The zero-order valence-corrected chi connectivity index (χ0v) is 12.4. The second-order valence-corrected chi connectivity index (χ2v) is 4.87. The fourth-order valence-corrected chi connectivity index (χ4v) is 2.11. The van der Waals surface area contributed by atoms with Crippen LogP contribution in [0, 0.1) is 6.92 Å². The fraction of sp³-hybridized carbons (Fsp3) is 0.562. The molecule has 0 saturated heterocycles. The molecule has 1 rings (SSSR count). The van der Waals surface area contributed by atoms with Crippen LogP contribution < -0.4 is 5.32 Å². The van der Waals surface area contributed by atoms with Crippen molar-refractivity contribution in [3.05, 3.63) is 35.4 Å². The van der Waals surface area contributed by atoms with Gasteiger partial charge >= 0.3 is 0 Å². The van der Waals surface area contributed by atoms with Gasteiger partial charge < -0.3 is 10.2 Å². The average molecular weight is 262 g/mol. The van der Waals surface area contributed by atoms with Crippen LogP contribution in [-0.4, -0.2) is 37.0 Å². The molecule has 1 N–H and O–H groups in total. The molecule has 1 aromatic rings. The summed E-state index contributed by atoms with van der Waals surface area (Å²) in [7, 11) is 0. The summed E-state index contributed by atoms with van der Waals surface area (Å²) >= 11 is 0. The van der Waals surface area contributed by atoms with Crippen LogP contribution in [0.5, 0.6) is 0 Å². The van der Waals surface area contributed by atoms with Gasteiger partial charge in [-0.05, 0) is 32.0 Å². The van der Waals surface area contributed by atoms with Gasteiger partial charge in [-0.25, -0.2) is 0 Å². The Labute approximate surface area is 117 Å². The number of aryl methyl sites for hydroxylation is 2. The highest BCUT2D eigenvalue weighted by atomic mass is 16.1. The lowest BCUT2D eigenvalue weighted by molar-refractivity contribution is -0.121. The van der Waals surface area contributed by atoms with E-state index in [2.05, 4.69) is 49.2 Å². The zero-order chi connectivity index (χ0) is 14.1. The van der Waals surface area contributed by atoms with Gasteiger partial charge in [0.15, 0.2) is 0 Å². The minimum Gasteiger partial charge on any atom is -0.355 e. The van der Waals surface area contributed by atoms with Crippen molar-refractivity contribution in [1.82, 2.24) is 10.2 Å². The van der Waals surface area contributed by atoms with Crippen molar-refractivity contribution in [3.63, 3.8) is 0 Å². The molecule has 0 spiro atoms. The Kier molecular flexibility index (Phi) is 7.19. The van der Waals surface area contributed by atoms with Crippen molar-refractivity contribution >= 4 is 5.91 Å². The average Bonchev–Trinajstić information content (AvgIpc) is 2.41. The Morgan fingerprint density at radius 1 is 1.26 bits per heavy atom. The first kappa shape index (κ1) is 15.7. The third-order valence-electron chi connectivity index (χ3n) is 3.37. The van der Waals surface area contributed by atoms with Gasteiger partial charge in [0.05, 0.1) is 0 Å². The number of likely N-dealkylation sites (N-methyl/N-ethyl adjacent to an activating group) is 1. The Morgan fingerprint density at radius 3 is 2.63 bits per heavy atom. The monoisotopic (exact) mass is 262 g/mol. The number of hydrogen-bond donors (Lipinski definition) is 1. The van der Waals surface area contributed by atoms with Crippen LogP contribution in [0.25, 0.3) is 0 Å². The van der Waals surface area contributed by atoms with Crippen molar-refractivity contribution < 1.29 is 4.79 Å². The van der Waals surface area contributed by atoms with E-state index in [1.165, 1.54) is 11.1 Å². The largest absolute Gasteiger partial charge is 0.355 e. The van der Waals surface area contributed by atoms with Crippen LogP contribution in [0.4, 0.5) is 0 Å². The molecule has 0 bridgehead atoms. The van der Waals surface area contributed by atoms with Crippen LogP contribution >= 0.6 is 0 Å². The van der Waals surface area contributed by atoms with Crippen LogP contribution in [0.1, 0.15) is 31.4 Å². The molecule has 0 aliphatic rings. The number of benzene rings is 1. The summed E-state index contributed by atoms with van der Waals surface area (Å²) < 4.78 is 0. The maximum Gasteiger partial charge on any atom is 0.220 e. The van der Waals surface area contributed by atoms with Gasteiger partial charge in [0.1, 0.15) is 0 Å². The van der Waals surface area contributed by atoms with Gasteiger partial charge in [0.2, 0.25) is 5.91 Å². The molecule has 0 unspecified atom stereocenters. The number of nitrogens with one attached hydrogen (secondary N) is 1. The third-order valence-corrected chi connectivity index (χ3v) is 3.37. The highest BCUT2D eigenvalue weighted by Gasteiger charge is 2.03. The molecule has 3 nitrogen and oxygen atoms in total. The quantitative estimate of drug-likeness (QED) is 0.780. The van der Waals surface area contributed by atoms with E-state index < -0.39 is 0 Å². The van der Waals surface area contributed by atoms with Gasteiger partial charge in [-0.15, -0.1) is 0 Å². The first-order valence-electron chi connectivity index (χ1n) is 7.20. The molecule has 19 heavy (non-hydrogen) atoms. The minimum absolute atomic E-state index is 0.147. The Bertz CT molecular complexity index is 386. The van der Waals surface area contributed by atoms with Gasteiger partial charge in [0.25, 0.3) is 0 Å². The van der Waals surface area contributed by atoms with Crippen LogP contribution in [0.15, 0.2) is 24.3 Å². The molecule has 1 amide bonds. The smallest absolute Gasteiger partial charge is 0.220 e. The van der Waals surface area contributed by atoms with E-state index in [0.717, 1.165) is 32.6 Å². The van der Waals surface area contributed by atoms with Crippen LogP contribution in [-0.2, 0) is 11.2 Å². The summed E-state index contributed by atoms with van der Waals surface area (Å²) in [6.07, 6.45) is 1.39. The molecule has 0 fully saturated rings. The van der Waals surface area contributed by atoms with Gasteiger partial charge in [0, 0.05) is 19.5 Å². The molecular weight excluding hydrogens is 236 g/mol. The highest BCUT2D eigenvalue weighted by molar-refractivity contribution is 5.76. The predicted molar refractivity (Wildman–Crippen MR) is 80.3 cm³/mol. The van der Waals surface area contributed by atoms with Crippen LogP contribution in [0.3, 0.4) is 0 Å². The SMILES string of the molecule is CCN(CC)CCNC(=O)CCc1cccc(C)c1. The molecule has 3 heteroatoms. The molecule has 0 saturated carbocycles. The highest BCUT2D eigenvalue weighted by Crippen LogP contribution is 2.06. The van der Waals surface area contributed by atoms with Crippen molar-refractivity contribution in [2.45, 2.75) is 33.6 Å². The number of carbonyl (C=O) groups excluding carboxylic acids is 1. The van der Waals surface area contributed by atoms with Crippen molar-refractivity contribution in [1.29, 1.82) is 0 Å². The van der Waals surface area contributed by atoms with E-state index in [1.54, 1.807) is 0 Å². The van der Waals surface area contributed by atoms with E-state index in [9.17, 15) is 4.79 Å². The maximum atomic E-state index is 11.7. The molecule has 0 heterocycles. The summed E-state index contributed by atoms with van der Waals surface area (Å²) in [4.78, 5) is 14.0. The lowest BCUT2D eigenvalue weighted by Gasteiger charge is -2.17. The Balaban J connectivity index is 2.21. The molecule has 0 aromatic heterocycles. The number of carbonyl (C=O) groups is 1. The zero-order valence-electron chi connectivity index (χ0n) is 12.4. The maximum absolute atomic E-state index is 11.7. The normalized spacial score (nSPS) is 10.7. The van der Waals surface area contributed by atoms with Gasteiger partial charge in [-0.1, -0.05) is 43.7 Å². The van der Waals surface area contributed by atoms with Crippen molar-refractivity contribution in [2.24, 2.45) is 0 Å². The summed E-state index contributed by atoms with van der Waals surface area (Å²) in [6.45, 7) is 10.1. The number of nitrogens with zero attached hydrogens (tertiary/aromatic N) is 1. The standard InChI is InChI=1S/C16H26N2O/c1-4-18(5-2)12-11-17-16(19)10-9-15-8-6-7-14(3)13-15/h6-8,13H,4-5,9-12H2,1-3H3,(H,17,19). The number of rotatable bonds is 8. The van der Waals surface area contributed by atoms with Gasteiger partial charge in [-0.2, -0.15) is 0 Å². The first-order valence-corrected chi connectivity index (χ1v) is 7.20. The van der Waals surface area contributed by atoms with E-state index in [-0.39, 0.29) is 5.91 Å². The molecule has 0 radical (unpaired) electrons. The van der Waals surface area contributed by atoms with E-state index in [0.29, 0.717) is 6.42 Å². The summed E-state index contributed by atoms with van der Waals surface area (Å²) in [6, 6.07) is 8.34. The van der Waals surface area contributed by atoms with Crippen LogP contribution in [0.2, 0.25) is 0 Å². The van der Waals surface area contributed by atoms with Crippen molar-refractivity contribution in [3.8, 4) is 0 Å². The first-order chi connectivity index (χ1) is 9.15. The fourth-order valence-electron chi connectivity index (χ4n) is 2.11. The molecule has 1 aromatic carbocycles. The summed E-state index contributed by atoms with van der Waals surface area (Å²) in [5.41, 5.74) is 2.48. The number of amides is 1. The topological polar surface area (TPSA) is 32.3 Å². The molecule has 106 valence electrons. The lowest BCUT2D eigenvalue weighted by Crippen LogP contribution is -2.34. The lowest BCUT2D eigenvalue weighted by atomic mass is 10.1. The Hall–Kier alpha value is -1.35. The van der Waals surface area contributed by atoms with E-state index >= 15 is 0 Å². The molecule has 0 aliphatic heterocycles. The third kappa shape index (κ3) is 6.39. The van der Waals surface area contributed by atoms with Gasteiger partial charge in [-0.3, -0.25) is 4.79 Å². The second kappa shape index (κ2) is 8.70. The molecular formula is C16H26N2O.